The number of carbonyl (C=O) groups is 2. The molecule has 0 bridgehead atoms. The van der Waals surface area contributed by atoms with Crippen LogP contribution in [0.1, 0.15) is 34.5 Å². The van der Waals surface area contributed by atoms with Gasteiger partial charge in [0.1, 0.15) is 11.6 Å². The molecule has 1 aliphatic rings. The Hall–Kier alpha value is -4.56. The van der Waals surface area contributed by atoms with Crippen LogP contribution in [0.4, 0.5) is 5.69 Å². The lowest BCUT2D eigenvalue weighted by molar-refractivity contribution is -0.143. The van der Waals surface area contributed by atoms with Crippen molar-refractivity contribution in [2.75, 3.05) is 25.1 Å². The van der Waals surface area contributed by atoms with Crippen molar-refractivity contribution in [2.24, 2.45) is 0 Å². The quantitative estimate of drug-likeness (QED) is 0.306. The summed E-state index contributed by atoms with van der Waals surface area (Å²) in [6.45, 7) is 4.25. The van der Waals surface area contributed by atoms with E-state index in [4.69, 9.17) is 9.47 Å². The van der Waals surface area contributed by atoms with Gasteiger partial charge in [-0.05, 0) is 43.5 Å². The molecule has 8 heteroatoms. The van der Waals surface area contributed by atoms with E-state index in [1.165, 1.54) is 7.11 Å². The maximum atomic E-state index is 13.8. The number of hydrogen-bond donors (Lipinski definition) is 1. The van der Waals surface area contributed by atoms with Gasteiger partial charge in [-0.15, -0.1) is 0 Å². The van der Waals surface area contributed by atoms with Crippen LogP contribution in [0.2, 0.25) is 0 Å². The number of aromatic nitrogens is 2. The highest BCUT2D eigenvalue weighted by Crippen LogP contribution is 2.43. The third kappa shape index (κ3) is 5.98. The number of nitrogens with zero attached hydrogens (tertiary/aromatic N) is 3. The Morgan fingerprint density at radius 3 is 2.27 bits per heavy atom. The normalized spacial score (nSPS) is 17.3. The molecule has 0 unspecified atom stereocenters. The smallest absolute Gasteiger partial charge is 0.317 e. The van der Waals surface area contributed by atoms with E-state index < -0.39 is 17.6 Å². The zero-order valence-corrected chi connectivity index (χ0v) is 23.5. The first kappa shape index (κ1) is 28.0. The number of aryl methyl sites for hydroxylation is 2. The van der Waals surface area contributed by atoms with Gasteiger partial charge in [0.05, 0.1) is 20.1 Å². The SMILES string of the molecule is COC(=O)C[C@@H](Oc1nc(C)cc(C)n1)[C@@]1(c2ccccc2)NCC(=O)N(CCc2ccccc2)c2ccccc21. The van der Waals surface area contributed by atoms with E-state index in [1.807, 2.05) is 97.6 Å². The van der Waals surface area contributed by atoms with E-state index in [0.29, 0.717) is 13.0 Å². The molecule has 0 fully saturated rings. The second kappa shape index (κ2) is 12.3. The van der Waals surface area contributed by atoms with Crippen LogP contribution in [-0.4, -0.2) is 48.1 Å². The fraction of sp³-hybridized carbons (Fsp3) is 0.273. The van der Waals surface area contributed by atoms with E-state index in [1.54, 1.807) is 0 Å². The molecule has 3 aromatic carbocycles. The van der Waals surface area contributed by atoms with Crippen molar-refractivity contribution in [1.29, 1.82) is 0 Å². The van der Waals surface area contributed by atoms with Crippen LogP contribution in [0.3, 0.4) is 0 Å². The molecule has 1 aromatic heterocycles. The standard InChI is InChI=1S/C33H34N4O4/c1-23-20-24(2)36-32(35-23)41-29(21-31(39)40-3)33(26-14-8-5-9-15-26)27-16-10-11-17-28(27)37(30(38)22-34-33)19-18-25-12-6-4-7-13-25/h4-17,20,29,34H,18-19,21-22H2,1-3H3/t29-,33+/m1/s1. The number of para-hydroxylation sites is 1. The van der Waals surface area contributed by atoms with Crippen LogP contribution < -0.4 is 15.0 Å². The van der Waals surface area contributed by atoms with E-state index in [0.717, 1.165) is 33.8 Å². The van der Waals surface area contributed by atoms with Crippen molar-refractivity contribution < 1.29 is 19.1 Å². The Balaban J connectivity index is 1.67. The Morgan fingerprint density at radius 2 is 1.59 bits per heavy atom. The maximum Gasteiger partial charge on any atom is 0.317 e. The van der Waals surface area contributed by atoms with Crippen molar-refractivity contribution in [1.82, 2.24) is 15.3 Å². The molecule has 5 rings (SSSR count). The molecule has 0 saturated carbocycles. The Bertz CT molecular complexity index is 1490. The van der Waals surface area contributed by atoms with Crippen LogP contribution in [0.5, 0.6) is 6.01 Å². The highest BCUT2D eigenvalue weighted by atomic mass is 16.5. The van der Waals surface area contributed by atoms with Gasteiger partial charge >= 0.3 is 12.0 Å². The molecular weight excluding hydrogens is 516 g/mol. The number of benzene rings is 3. The molecule has 210 valence electrons. The first-order valence-electron chi connectivity index (χ1n) is 13.7. The van der Waals surface area contributed by atoms with Gasteiger partial charge < -0.3 is 14.4 Å². The molecule has 41 heavy (non-hydrogen) atoms. The summed E-state index contributed by atoms with van der Waals surface area (Å²) < 4.78 is 11.7. The summed E-state index contributed by atoms with van der Waals surface area (Å²) in [4.78, 5) is 37.5. The Kier molecular flexibility index (Phi) is 8.40. The summed E-state index contributed by atoms with van der Waals surface area (Å²) in [5, 5.41) is 3.55. The van der Waals surface area contributed by atoms with Gasteiger partial charge in [-0.3, -0.25) is 14.9 Å². The largest absolute Gasteiger partial charge is 0.469 e. The van der Waals surface area contributed by atoms with Gasteiger partial charge in [-0.2, -0.15) is 0 Å². The first-order chi connectivity index (χ1) is 19.9. The molecule has 1 amide bonds. The van der Waals surface area contributed by atoms with Gasteiger partial charge in [-0.25, -0.2) is 9.97 Å². The lowest BCUT2D eigenvalue weighted by Crippen LogP contribution is -2.56. The van der Waals surface area contributed by atoms with Crippen molar-refractivity contribution in [3.8, 4) is 6.01 Å². The molecule has 2 heterocycles. The predicted octanol–water partition coefficient (Wildman–Crippen LogP) is 4.53. The monoisotopic (exact) mass is 550 g/mol. The molecule has 0 radical (unpaired) electrons. The Labute approximate surface area is 240 Å². The minimum absolute atomic E-state index is 0.0209. The second-order valence-corrected chi connectivity index (χ2v) is 10.1. The average Bonchev–Trinajstić information content (AvgIpc) is 3.10. The van der Waals surface area contributed by atoms with Crippen LogP contribution in [-0.2, 0) is 26.3 Å². The summed E-state index contributed by atoms with van der Waals surface area (Å²) in [5.74, 6) is -0.531. The minimum atomic E-state index is -1.12. The first-order valence-corrected chi connectivity index (χ1v) is 13.7. The summed E-state index contributed by atoms with van der Waals surface area (Å²) in [6.07, 6.45) is -0.277. The van der Waals surface area contributed by atoms with Crippen molar-refractivity contribution in [3.63, 3.8) is 0 Å². The van der Waals surface area contributed by atoms with Gasteiger partial charge in [-0.1, -0.05) is 78.9 Å². The van der Waals surface area contributed by atoms with Crippen molar-refractivity contribution >= 4 is 17.6 Å². The average molecular weight is 551 g/mol. The van der Waals surface area contributed by atoms with Crippen LogP contribution in [0, 0.1) is 13.8 Å². The van der Waals surface area contributed by atoms with Crippen LogP contribution in [0.25, 0.3) is 0 Å². The van der Waals surface area contributed by atoms with E-state index >= 15 is 0 Å². The molecule has 0 spiro atoms. The number of hydrogen-bond acceptors (Lipinski definition) is 7. The van der Waals surface area contributed by atoms with Crippen LogP contribution >= 0.6 is 0 Å². The molecule has 1 N–H and O–H groups in total. The van der Waals surface area contributed by atoms with Gasteiger partial charge in [0.2, 0.25) is 5.91 Å². The number of ether oxygens (including phenoxy) is 2. The number of nitrogens with one attached hydrogen (secondary N) is 1. The molecule has 2 atom stereocenters. The fourth-order valence-corrected chi connectivity index (χ4v) is 5.54. The molecule has 8 nitrogen and oxygen atoms in total. The number of carbonyl (C=O) groups excluding carboxylic acids is 2. The second-order valence-electron chi connectivity index (χ2n) is 10.1. The van der Waals surface area contributed by atoms with Gasteiger partial charge in [0.15, 0.2) is 0 Å². The fourth-order valence-electron chi connectivity index (χ4n) is 5.54. The highest BCUT2D eigenvalue weighted by molar-refractivity contribution is 5.97. The van der Waals surface area contributed by atoms with E-state index in [2.05, 4.69) is 27.4 Å². The topological polar surface area (TPSA) is 93.6 Å². The number of rotatable bonds is 9. The summed E-state index contributed by atoms with van der Waals surface area (Å²) in [7, 11) is 1.35. The molecule has 4 aromatic rings. The summed E-state index contributed by atoms with van der Waals surface area (Å²) in [6, 6.07) is 29.7. The lowest BCUT2D eigenvalue weighted by Gasteiger charge is -2.41. The van der Waals surface area contributed by atoms with E-state index in [9.17, 15) is 9.59 Å². The number of anilines is 1. The van der Waals surface area contributed by atoms with Gasteiger partial charge in [0, 0.05) is 29.2 Å². The number of amides is 1. The highest BCUT2D eigenvalue weighted by Gasteiger charge is 2.49. The third-order valence-corrected chi connectivity index (χ3v) is 7.41. The molecule has 0 aliphatic carbocycles. The molecular formula is C33H34N4O4. The lowest BCUT2D eigenvalue weighted by atomic mass is 9.76. The van der Waals surface area contributed by atoms with Crippen molar-refractivity contribution in [2.45, 2.75) is 38.3 Å². The third-order valence-electron chi connectivity index (χ3n) is 7.41. The minimum Gasteiger partial charge on any atom is -0.469 e. The maximum absolute atomic E-state index is 13.8. The predicted molar refractivity (Wildman–Crippen MR) is 157 cm³/mol. The van der Waals surface area contributed by atoms with E-state index in [-0.39, 0.29) is 24.9 Å². The summed E-state index contributed by atoms with van der Waals surface area (Å²) in [5.41, 5.74) is 3.91. The zero-order chi connectivity index (χ0) is 28.8. The van der Waals surface area contributed by atoms with Crippen molar-refractivity contribution in [3.05, 3.63) is 119 Å². The number of fused-ring (bicyclic) bond motifs is 1. The Morgan fingerprint density at radius 1 is 0.951 bits per heavy atom. The molecule has 0 saturated heterocycles. The number of methoxy groups -OCH3 is 1. The molecule has 1 aliphatic heterocycles. The summed E-state index contributed by atoms with van der Waals surface area (Å²) >= 11 is 0. The number of esters is 1. The zero-order valence-electron chi connectivity index (χ0n) is 23.5. The van der Waals surface area contributed by atoms with Crippen LogP contribution in [0.15, 0.2) is 91.0 Å². The van der Waals surface area contributed by atoms with Gasteiger partial charge in [0.25, 0.3) is 0 Å².